The van der Waals surface area contributed by atoms with Crippen LogP contribution in [0.15, 0.2) is 84.9 Å². The molecule has 0 fully saturated rings. The standard InChI is InChI=1S/C27H25N/c1-27(2,3)23-13-15-26-22(17-23)16-21-10-6-7-11-25(21)28(26)24-14-12-19-8-4-5-9-20(19)18-24/h4-15,17-18H,16H2,1-3H3. The van der Waals surface area contributed by atoms with E-state index >= 15 is 0 Å². The summed E-state index contributed by atoms with van der Waals surface area (Å²) < 4.78 is 0. The zero-order valence-corrected chi connectivity index (χ0v) is 16.7. The van der Waals surface area contributed by atoms with Gasteiger partial charge in [0.15, 0.2) is 0 Å². The number of hydrogen-bond acceptors (Lipinski definition) is 1. The van der Waals surface area contributed by atoms with Crippen LogP contribution in [0.2, 0.25) is 0 Å². The monoisotopic (exact) mass is 363 g/mol. The number of fused-ring (bicyclic) bond motifs is 3. The summed E-state index contributed by atoms with van der Waals surface area (Å²) in [6, 6.07) is 31.1. The molecule has 0 amide bonds. The first kappa shape index (κ1) is 17.1. The van der Waals surface area contributed by atoms with Crippen LogP contribution in [0.3, 0.4) is 0 Å². The van der Waals surface area contributed by atoms with Gasteiger partial charge in [0, 0.05) is 23.5 Å². The lowest BCUT2D eigenvalue weighted by molar-refractivity contribution is 0.589. The summed E-state index contributed by atoms with van der Waals surface area (Å²) in [6.07, 6.45) is 0.986. The Labute approximate surface area is 167 Å². The fourth-order valence-electron chi connectivity index (χ4n) is 4.22. The first-order chi connectivity index (χ1) is 13.5. The molecule has 0 saturated heterocycles. The fraction of sp³-hybridized carbons (Fsp3) is 0.185. The molecule has 4 aromatic rings. The van der Waals surface area contributed by atoms with Crippen LogP contribution < -0.4 is 4.90 Å². The first-order valence-electron chi connectivity index (χ1n) is 10.0. The van der Waals surface area contributed by atoms with Gasteiger partial charge in [0.05, 0.1) is 0 Å². The largest absolute Gasteiger partial charge is 0.310 e. The van der Waals surface area contributed by atoms with Crippen molar-refractivity contribution in [3.05, 3.63) is 102 Å². The van der Waals surface area contributed by atoms with Crippen molar-refractivity contribution in [1.29, 1.82) is 0 Å². The van der Waals surface area contributed by atoms with Crippen molar-refractivity contribution in [1.82, 2.24) is 0 Å². The molecular weight excluding hydrogens is 338 g/mol. The third kappa shape index (κ3) is 2.79. The molecule has 1 heteroatoms. The molecule has 0 unspecified atom stereocenters. The van der Waals surface area contributed by atoms with Crippen molar-refractivity contribution in [3.8, 4) is 0 Å². The summed E-state index contributed by atoms with van der Waals surface area (Å²) in [6.45, 7) is 6.85. The summed E-state index contributed by atoms with van der Waals surface area (Å²) in [5.74, 6) is 0. The second-order valence-corrected chi connectivity index (χ2v) is 8.77. The maximum Gasteiger partial charge on any atom is 0.0497 e. The normalized spacial score (nSPS) is 13.3. The van der Waals surface area contributed by atoms with Crippen molar-refractivity contribution in [2.75, 3.05) is 4.90 Å². The molecule has 28 heavy (non-hydrogen) atoms. The molecule has 138 valence electrons. The van der Waals surface area contributed by atoms with Crippen LogP contribution in [0.25, 0.3) is 10.8 Å². The van der Waals surface area contributed by atoms with E-state index in [2.05, 4.69) is 111 Å². The molecule has 0 aromatic heterocycles. The fourth-order valence-corrected chi connectivity index (χ4v) is 4.22. The molecule has 0 bridgehead atoms. The Kier molecular flexibility index (Phi) is 3.80. The molecule has 5 rings (SSSR count). The highest BCUT2D eigenvalue weighted by Gasteiger charge is 2.25. The quantitative estimate of drug-likeness (QED) is 0.298. The SMILES string of the molecule is CC(C)(C)c1ccc2c(c1)Cc1ccccc1N2c1ccc2ccccc2c1. The molecule has 1 nitrogen and oxygen atoms in total. The second-order valence-electron chi connectivity index (χ2n) is 8.77. The van der Waals surface area contributed by atoms with Crippen LogP contribution in [0.1, 0.15) is 37.5 Å². The zero-order valence-electron chi connectivity index (χ0n) is 16.7. The van der Waals surface area contributed by atoms with E-state index in [1.807, 2.05) is 0 Å². The minimum Gasteiger partial charge on any atom is -0.310 e. The van der Waals surface area contributed by atoms with Crippen LogP contribution in [0.4, 0.5) is 17.1 Å². The predicted molar refractivity (Wildman–Crippen MR) is 120 cm³/mol. The summed E-state index contributed by atoms with van der Waals surface area (Å²) in [4.78, 5) is 2.42. The number of hydrogen-bond donors (Lipinski definition) is 0. The average molecular weight is 364 g/mol. The Hall–Kier alpha value is -3.06. The first-order valence-corrected chi connectivity index (χ1v) is 10.0. The molecule has 0 saturated carbocycles. The van der Waals surface area contributed by atoms with Gasteiger partial charge in [0.25, 0.3) is 0 Å². The van der Waals surface area contributed by atoms with Gasteiger partial charge in [-0.15, -0.1) is 0 Å². The third-order valence-electron chi connectivity index (χ3n) is 5.79. The van der Waals surface area contributed by atoms with E-state index in [9.17, 15) is 0 Å². The van der Waals surface area contributed by atoms with Gasteiger partial charge in [0.1, 0.15) is 0 Å². The summed E-state index contributed by atoms with van der Waals surface area (Å²) in [5, 5.41) is 2.55. The Morgan fingerprint density at radius 1 is 0.643 bits per heavy atom. The van der Waals surface area contributed by atoms with Crippen molar-refractivity contribution < 1.29 is 0 Å². The highest BCUT2D eigenvalue weighted by molar-refractivity contribution is 5.91. The van der Waals surface area contributed by atoms with E-state index in [0.717, 1.165) is 6.42 Å². The van der Waals surface area contributed by atoms with E-state index in [0.29, 0.717) is 0 Å². The second kappa shape index (κ2) is 6.24. The molecular formula is C27H25N. The van der Waals surface area contributed by atoms with Crippen LogP contribution in [0, 0.1) is 0 Å². The van der Waals surface area contributed by atoms with E-state index < -0.39 is 0 Å². The molecule has 1 heterocycles. The van der Waals surface area contributed by atoms with Gasteiger partial charge in [0.2, 0.25) is 0 Å². The van der Waals surface area contributed by atoms with Crippen molar-refractivity contribution in [3.63, 3.8) is 0 Å². The molecule has 0 atom stereocenters. The van der Waals surface area contributed by atoms with Crippen molar-refractivity contribution >= 4 is 27.8 Å². The van der Waals surface area contributed by atoms with Gasteiger partial charge in [-0.25, -0.2) is 0 Å². The smallest absolute Gasteiger partial charge is 0.0497 e. The highest BCUT2D eigenvalue weighted by atomic mass is 15.2. The van der Waals surface area contributed by atoms with Crippen LogP contribution >= 0.6 is 0 Å². The van der Waals surface area contributed by atoms with Gasteiger partial charge in [-0.05, 0) is 57.1 Å². The summed E-state index contributed by atoms with van der Waals surface area (Å²) in [5.41, 5.74) is 8.13. The number of benzene rings is 4. The minimum atomic E-state index is 0.153. The van der Waals surface area contributed by atoms with Crippen molar-refractivity contribution in [2.45, 2.75) is 32.6 Å². The lowest BCUT2D eigenvalue weighted by Gasteiger charge is -2.34. The Morgan fingerprint density at radius 2 is 1.36 bits per heavy atom. The molecule has 1 aliphatic heterocycles. The lowest BCUT2D eigenvalue weighted by atomic mass is 9.84. The van der Waals surface area contributed by atoms with E-state index in [1.165, 1.54) is 44.5 Å². The van der Waals surface area contributed by atoms with Gasteiger partial charge < -0.3 is 4.90 Å². The average Bonchev–Trinajstić information content (AvgIpc) is 2.70. The molecule has 0 N–H and O–H groups in total. The van der Waals surface area contributed by atoms with Gasteiger partial charge in [-0.3, -0.25) is 0 Å². The van der Waals surface area contributed by atoms with E-state index in [4.69, 9.17) is 0 Å². The van der Waals surface area contributed by atoms with Gasteiger partial charge >= 0.3 is 0 Å². The van der Waals surface area contributed by atoms with Gasteiger partial charge in [-0.2, -0.15) is 0 Å². The zero-order chi connectivity index (χ0) is 19.3. The molecule has 1 aliphatic rings. The predicted octanol–water partition coefficient (Wildman–Crippen LogP) is 7.51. The molecule has 0 radical (unpaired) electrons. The van der Waals surface area contributed by atoms with E-state index in [1.54, 1.807) is 0 Å². The third-order valence-corrected chi connectivity index (χ3v) is 5.79. The molecule has 4 aromatic carbocycles. The van der Waals surface area contributed by atoms with Gasteiger partial charge in [-0.1, -0.05) is 81.4 Å². The van der Waals surface area contributed by atoms with E-state index in [-0.39, 0.29) is 5.41 Å². The number of para-hydroxylation sites is 1. The summed E-state index contributed by atoms with van der Waals surface area (Å²) >= 11 is 0. The lowest BCUT2D eigenvalue weighted by Crippen LogP contribution is -2.20. The number of rotatable bonds is 1. The Morgan fingerprint density at radius 3 is 2.18 bits per heavy atom. The molecule has 0 spiro atoms. The maximum atomic E-state index is 2.42. The highest BCUT2D eigenvalue weighted by Crippen LogP contribution is 2.45. The Bertz CT molecular complexity index is 1180. The summed E-state index contributed by atoms with van der Waals surface area (Å²) in [7, 11) is 0. The topological polar surface area (TPSA) is 3.24 Å². The maximum absolute atomic E-state index is 2.42. The van der Waals surface area contributed by atoms with Crippen molar-refractivity contribution in [2.24, 2.45) is 0 Å². The minimum absolute atomic E-state index is 0.153. The number of anilines is 3. The Balaban J connectivity index is 1.72. The molecule has 0 aliphatic carbocycles. The van der Waals surface area contributed by atoms with Crippen LogP contribution in [-0.4, -0.2) is 0 Å². The van der Waals surface area contributed by atoms with Crippen LogP contribution in [0.5, 0.6) is 0 Å². The number of nitrogens with zero attached hydrogens (tertiary/aromatic N) is 1. The van der Waals surface area contributed by atoms with Crippen LogP contribution in [-0.2, 0) is 11.8 Å².